The third-order valence-electron chi connectivity index (χ3n) is 2.42. The van der Waals surface area contributed by atoms with Gasteiger partial charge in [-0.2, -0.15) is 0 Å². The Morgan fingerprint density at radius 1 is 1.69 bits per heavy atom. The van der Waals surface area contributed by atoms with Crippen LogP contribution in [-0.2, 0) is 6.54 Å². The highest BCUT2D eigenvalue weighted by Crippen LogP contribution is 2.23. The van der Waals surface area contributed by atoms with Crippen LogP contribution in [-0.4, -0.2) is 21.7 Å². The summed E-state index contributed by atoms with van der Waals surface area (Å²) in [4.78, 5) is 4.13. The molecule has 4 heteroatoms. The highest BCUT2D eigenvalue weighted by Gasteiger charge is 2.28. The Labute approximate surface area is 77.7 Å². The number of aromatic nitrogens is 2. The van der Waals surface area contributed by atoms with Crippen LogP contribution in [0.3, 0.4) is 0 Å². The average Bonchev–Trinajstić information content (AvgIpc) is 2.49. The number of hydrogen-bond acceptors (Lipinski definition) is 3. The smallest absolute Gasteiger partial charge is 0.296 e. The summed E-state index contributed by atoms with van der Waals surface area (Å²) >= 11 is 0. The third-order valence-corrected chi connectivity index (χ3v) is 2.42. The first-order valence-corrected chi connectivity index (χ1v) is 4.73. The SMILES string of the molecule is CCn1ccnc1OC1CC(N)C1. The second-order valence-corrected chi connectivity index (χ2v) is 3.47. The molecule has 0 unspecified atom stereocenters. The van der Waals surface area contributed by atoms with Gasteiger partial charge in [-0.1, -0.05) is 0 Å². The van der Waals surface area contributed by atoms with Gasteiger partial charge in [0.25, 0.3) is 6.01 Å². The van der Waals surface area contributed by atoms with E-state index in [9.17, 15) is 0 Å². The summed E-state index contributed by atoms with van der Waals surface area (Å²) in [7, 11) is 0. The standard InChI is InChI=1S/C9H15N3O/c1-2-12-4-3-11-9(12)13-8-5-7(10)6-8/h3-4,7-8H,2,5-6,10H2,1H3. The maximum Gasteiger partial charge on any atom is 0.296 e. The molecule has 1 aliphatic carbocycles. The largest absolute Gasteiger partial charge is 0.461 e. The van der Waals surface area contributed by atoms with Crippen LogP contribution in [0.4, 0.5) is 0 Å². The molecule has 72 valence electrons. The highest BCUT2D eigenvalue weighted by molar-refractivity contribution is 5.00. The van der Waals surface area contributed by atoms with Crippen molar-refractivity contribution in [2.75, 3.05) is 0 Å². The summed E-state index contributed by atoms with van der Waals surface area (Å²) in [6, 6.07) is 1.05. The van der Waals surface area contributed by atoms with E-state index in [1.54, 1.807) is 6.20 Å². The lowest BCUT2D eigenvalue weighted by Gasteiger charge is -2.32. The minimum Gasteiger partial charge on any atom is -0.461 e. The van der Waals surface area contributed by atoms with E-state index in [1.165, 1.54) is 0 Å². The molecule has 0 spiro atoms. The van der Waals surface area contributed by atoms with Crippen molar-refractivity contribution in [2.24, 2.45) is 5.73 Å². The second kappa shape index (κ2) is 3.38. The highest BCUT2D eigenvalue weighted by atomic mass is 16.5. The van der Waals surface area contributed by atoms with Gasteiger partial charge in [0, 0.05) is 25.0 Å². The van der Waals surface area contributed by atoms with Crippen molar-refractivity contribution in [3.63, 3.8) is 0 Å². The number of ether oxygens (including phenoxy) is 1. The average molecular weight is 181 g/mol. The molecule has 0 atom stereocenters. The minimum absolute atomic E-state index is 0.280. The Hall–Kier alpha value is -1.03. The predicted octanol–water partition coefficient (Wildman–Crippen LogP) is 0.771. The van der Waals surface area contributed by atoms with Gasteiger partial charge in [-0.05, 0) is 19.8 Å². The van der Waals surface area contributed by atoms with Crippen LogP contribution >= 0.6 is 0 Å². The number of nitrogens with two attached hydrogens (primary N) is 1. The Kier molecular flexibility index (Phi) is 2.22. The van der Waals surface area contributed by atoms with E-state index in [1.807, 2.05) is 10.8 Å². The van der Waals surface area contributed by atoms with Gasteiger partial charge in [0.05, 0.1) is 0 Å². The van der Waals surface area contributed by atoms with Gasteiger partial charge in [0.2, 0.25) is 0 Å². The van der Waals surface area contributed by atoms with Gasteiger partial charge in [-0.25, -0.2) is 4.98 Å². The van der Waals surface area contributed by atoms with Crippen molar-refractivity contribution in [2.45, 2.75) is 38.5 Å². The summed E-state index contributed by atoms with van der Waals surface area (Å²) in [5.74, 6) is 0. The maximum absolute atomic E-state index is 5.66. The predicted molar refractivity (Wildman–Crippen MR) is 49.5 cm³/mol. The zero-order chi connectivity index (χ0) is 9.26. The lowest BCUT2D eigenvalue weighted by Crippen LogP contribution is -2.43. The fraction of sp³-hybridized carbons (Fsp3) is 0.667. The number of aryl methyl sites for hydroxylation is 1. The normalized spacial score (nSPS) is 26.9. The molecule has 2 rings (SSSR count). The van der Waals surface area contributed by atoms with E-state index in [0.29, 0.717) is 6.04 Å². The van der Waals surface area contributed by atoms with Crippen molar-refractivity contribution in [1.29, 1.82) is 0 Å². The molecule has 13 heavy (non-hydrogen) atoms. The quantitative estimate of drug-likeness (QED) is 0.749. The molecule has 2 N–H and O–H groups in total. The Morgan fingerprint density at radius 3 is 3.08 bits per heavy atom. The van der Waals surface area contributed by atoms with Gasteiger partial charge in [0.15, 0.2) is 0 Å². The van der Waals surface area contributed by atoms with E-state index >= 15 is 0 Å². The van der Waals surface area contributed by atoms with Crippen molar-refractivity contribution in [3.05, 3.63) is 12.4 Å². The minimum atomic E-state index is 0.280. The number of rotatable bonds is 3. The van der Waals surface area contributed by atoms with Gasteiger partial charge < -0.3 is 15.0 Å². The number of nitrogens with zero attached hydrogens (tertiary/aromatic N) is 2. The summed E-state index contributed by atoms with van der Waals surface area (Å²) in [5, 5.41) is 0. The first-order chi connectivity index (χ1) is 6.29. The molecular formula is C9H15N3O. The van der Waals surface area contributed by atoms with Crippen molar-refractivity contribution >= 4 is 0 Å². The molecule has 1 aliphatic rings. The maximum atomic E-state index is 5.66. The van der Waals surface area contributed by atoms with E-state index in [2.05, 4.69) is 11.9 Å². The molecule has 0 radical (unpaired) electrons. The van der Waals surface area contributed by atoms with Crippen LogP contribution in [0, 0.1) is 0 Å². The van der Waals surface area contributed by atoms with Crippen LogP contribution in [0.5, 0.6) is 6.01 Å². The molecule has 1 aromatic rings. The van der Waals surface area contributed by atoms with Crippen LogP contribution in [0.1, 0.15) is 19.8 Å². The van der Waals surface area contributed by atoms with E-state index < -0.39 is 0 Å². The van der Waals surface area contributed by atoms with E-state index in [-0.39, 0.29) is 6.10 Å². The van der Waals surface area contributed by atoms with Crippen LogP contribution in [0.25, 0.3) is 0 Å². The third kappa shape index (κ3) is 1.67. The van der Waals surface area contributed by atoms with Crippen molar-refractivity contribution in [1.82, 2.24) is 9.55 Å². The molecule has 1 heterocycles. The van der Waals surface area contributed by atoms with Crippen molar-refractivity contribution < 1.29 is 4.74 Å². The summed E-state index contributed by atoms with van der Waals surface area (Å²) < 4.78 is 7.64. The Bertz CT molecular complexity index is 278. The summed E-state index contributed by atoms with van der Waals surface area (Å²) in [6.45, 7) is 2.97. The zero-order valence-corrected chi connectivity index (χ0v) is 7.81. The number of hydrogen-bond donors (Lipinski definition) is 1. The van der Waals surface area contributed by atoms with Crippen molar-refractivity contribution in [3.8, 4) is 6.01 Å². The lowest BCUT2D eigenvalue weighted by molar-refractivity contribution is 0.0862. The fourth-order valence-corrected chi connectivity index (χ4v) is 1.51. The topological polar surface area (TPSA) is 53.1 Å². The van der Waals surface area contributed by atoms with E-state index in [0.717, 1.165) is 25.4 Å². The number of imidazole rings is 1. The fourth-order valence-electron chi connectivity index (χ4n) is 1.51. The summed E-state index contributed by atoms with van der Waals surface area (Å²) in [5.41, 5.74) is 5.66. The van der Waals surface area contributed by atoms with Gasteiger partial charge >= 0.3 is 0 Å². The van der Waals surface area contributed by atoms with Gasteiger partial charge in [-0.15, -0.1) is 0 Å². The first kappa shape index (κ1) is 8.56. The molecule has 1 saturated carbocycles. The Balaban J connectivity index is 1.94. The van der Waals surface area contributed by atoms with Gasteiger partial charge in [-0.3, -0.25) is 0 Å². The molecule has 1 fully saturated rings. The second-order valence-electron chi connectivity index (χ2n) is 3.47. The van der Waals surface area contributed by atoms with Crippen LogP contribution in [0.2, 0.25) is 0 Å². The van der Waals surface area contributed by atoms with Crippen LogP contribution < -0.4 is 10.5 Å². The van der Waals surface area contributed by atoms with Crippen LogP contribution in [0.15, 0.2) is 12.4 Å². The molecule has 0 bridgehead atoms. The Morgan fingerprint density at radius 2 is 2.46 bits per heavy atom. The lowest BCUT2D eigenvalue weighted by atomic mass is 9.90. The van der Waals surface area contributed by atoms with E-state index in [4.69, 9.17) is 10.5 Å². The van der Waals surface area contributed by atoms with Gasteiger partial charge in [0.1, 0.15) is 6.10 Å². The molecule has 0 saturated heterocycles. The molecular weight excluding hydrogens is 166 g/mol. The molecule has 0 aliphatic heterocycles. The summed E-state index contributed by atoms with van der Waals surface area (Å²) in [6.07, 6.45) is 5.88. The molecule has 4 nitrogen and oxygen atoms in total. The molecule has 0 aromatic carbocycles. The molecule has 0 amide bonds. The molecule has 1 aromatic heterocycles. The zero-order valence-electron chi connectivity index (χ0n) is 7.81. The first-order valence-electron chi connectivity index (χ1n) is 4.73. The monoisotopic (exact) mass is 181 g/mol.